The Bertz CT molecular complexity index is 1070. The van der Waals surface area contributed by atoms with Crippen LogP contribution in [0.15, 0.2) is 15.1 Å². The number of aromatic nitrogens is 4. The van der Waals surface area contributed by atoms with Crippen LogP contribution in [0.25, 0.3) is 11.5 Å². The fourth-order valence-electron chi connectivity index (χ4n) is 2.99. The van der Waals surface area contributed by atoms with E-state index in [0.717, 1.165) is 5.56 Å². The summed E-state index contributed by atoms with van der Waals surface area (Å²) >= 11 is 5.47. The average Bonchev–Trinajstić information content (AvgIpc) is 3.37. The number of thioether (sulfide) groups is 1. The Morgan fingerprint density at radius 1 is 1.26 bits per heavy atom. The molecule has 2 N–H and O–H groups in total. The first-order chi connectivity index (χ1) is 14.8. The lowest BCUT2D eigenvalue weighted by Crippen LogP contribution is -2.31. The van der Waals surface area contributed by atoms with Crippen molar-refractivity contribution in [3.8, 4) is 23.0 Å². The van der Waals surface area contributed by atoms with Gasteiger partial charge in [0.1, 0.15) is 17.5 Å². The number of aryl methyl sites for hydroxylation is 2. The minimum absolute atomic E-state index is 0.0351. The van der Waals surface area contributed by atoms with E-state index in [2.05, 4.69) is 38.2 Å². The van der Waals surface area contributed by atoms with Gasteiger partial charge in [0, 0.05) is 28.7 Å². The highest BCUT2D eigenvalue weighted by Gasteiger charge is 2.24. The summed E-state index contributed by atoms with van der Waals surface area (Å²) in [5.74, 6) is 2.72. The first kappa shape index (κ1) is 22.9. The number of hydrogen-bond acceptors (Lipinski definition) is 11. The maximum Gasteiger partial charge on any atom is 0.258 e. The van der Waals surface area contributed by atoms with Crippen molar-refractivity contribution in [2.75, 3.05) is 18.6 Å². The summed E-state index contributed by atoms with van der Waals surface area (Å²) in [6.07, 6.45) is 0. The van der Waals surface area contributed by atoms with E-state index in [1.165, 1.54) is 18.9 Å². The van der Waals surface area contributed by atoms with Gasteiger partial charge in [-0.2, -0.15) is 34.4 Å². The van der Waals surface area contributed by atoms with E-state index < -0.39 is 6.04 Å². The van der Waals surface area contributed by atoms with Crippen LogP contribution in [0, 0.1) is 20.8 Å². The van der Waals surface area contributed by atoms with Gasteiger partial charge in [-0.3, -0.25) is 4.79 Å². The van der Waals surface area contributed by atoms with Gasteiger partial charge in [0.05, 0.1) is 18.4 Å². The molecule has 2 heterocycles. The maximum atomic E-state index is 11.9. The van der Waals surface area contributed by atoms with Crippen LogP contribution in [-0.4, -0.2) is 49.9 Å². The van der Waals surface area contributed by atoms with Gasteiger partial charge in [-0.05, 0) is 20.8 Å². The van der Waals surface area contributed by atoms with Crippen LogP contribution in [0.3, 0.4) is 0 Å². The van der Waals surface area contributed by atoms with E-state index in [4.69, 9.17) is 13.8 Å². The molecular weight excluding hydrogens is 442 g/mol. The third kappa shape index (κ3) is 5.31. The van der Waals surface area contributed by atoms with Gasteiger partial charge in [-0.25, -0.2) is 0 Å². The molecule has 3 aromatic rings. The Hall–Kier alpha value is -2.73. The second kappa shape index (κ2) is 10.1. The summed E-state index contributed by atoms with van der Waals surface area (Å²) in [6, 6.07) is 1.06. The van der Waals surface area contributed by atoms with Crippen molar-refractivity contribution in [3.63, 3.8) is 0 Å². The fraction of sp³-hybridized carbons (Fsp3) is 0.421. The molecule has 2 aromatic heterocycles. The molecule has 0 aliphatic rings. The zero-order valence-electron chi connectivity index (χ0n) is 17.5. The van der Waals surface area contributed by atoms with Gasteiger partial charge in [0.2, 0.25) is 11.8 Å². The number of phenols is 1. The number of carbonyl (C=O) groups excluding carboxylic acids is 1. The second-order valence-corrected chi connectivity index (χ2v) is 8.04. The summed E-state index contributed by atoms with van der Waals surface area (Å²) in [4.78, 5) is 20.4. The number of rotatable bonds is 9. The first-order valence-electron chi connectivity index (χ1n) is 9.32. The fourth-order valence-corrected chi connectivity index (χ4v) is 4.16. The standard InChI is InChI=1S/C19H23N5O5S2/c1-9-15(27-4)5-14(25)12(17(9)19-21-11(3)24-29-19)7-31-8-13(22-16(26)6-30)18-20-10(2)23-28-18/h5,13,25,30H,6-8H2,1-4H3,(H,22,26). The second-order valence-electron chi connectivity index (χ2n) is 6.70. The molecule has 1 atom stereocenters. The molecule has 0 radical (unpaired) electrons. The van der Waals surface area contributed by atoms with E-state index in [1.54, 1.807) is 19.9 Å². The van der Waals surface area contributed by atoms with Crippen LogP contribution in [0.1, 0.15) is 34.7 Å². The SMILES string of the molecule is COc1cc(O)c(CSCC(NC(=O)CS)c2nc(C)no2)c(-c2nc(C)no2)c1C. The lowest BCUT2D eigenvalue weighted by atomic mass is 10.0. The Morgan fingerprint density at radius 3 is 2.55 bits per heavy atom. The first-order valence-corrected chi connectivity index (χ1v) is 11.1. The summed E-state index contributed by atoms with van der Waals surface area (Å²) in [5.41, 5.74) is 2.01. The van der Waals surface area contributed by atoms with Gasteiger partial charge in [0.25, 0.3) is 5.89 Å². The number of amides is 1. The van der Waals surface area contributed by atoms with Gasteiger partial charge >= 0.3 is 0 Å². The molecule has 10 nitrogen and oxygen atoms in total. The number of nitrogens with zero attached hydrogens (tertiary/aromatic N) is 4. The van der Waals surface area contributed by atoms with E-state index >= 15 is 0 Å². The molecule has 166 valence electrons. The van der Waals surface area contributed by atoms with Crippen molar-refractivity contribution in [1.82, 2.24) is 25.6 Å². The molecule has 0 aliphatic carbocycles. The molecular formula is C19H23N5O5S2. The number of carbonyl (C=O) groups is 1. The molecule has 31 heavy (non-hydrogen) atoms. The lowest BCUT2D eigenvalue weighted by molar-refractivity contribution is -0.119. The van der Waals surface area contributed by atoms with E-state index in [0.29, 0.717) is 51.8 Å². The van der Waals surface area contributed by atoms with Crippen LogP contribution in [0.4, 0.5) is 0 Å². The van der Waals surface area contributed by atoms with Gasteiger partial charge in [-0.15, -0.1) is 0 Å². The molecule has 12 heteroatoms. The minimum atomic E-state index is -0.499. The zero-order chi connectivity index (χ0) is 22.5. The molecule has 0 saturated heterocycles. The monoisotopic (exact) mass is 465 g/mol. The number of methoxy groups -OCH3 is 1. The third-order valence-corrected chi connectivity index (χ3v) is 5.78. The molecule has 1 unspecified atom stereocenters. The smallest absolute Gasteiger partial charge is 0.258 e. The molecule has 0 bridgehead atoms. The topological polar surface area (TPSA) is 136 Å². The highest BCUT2D eigenvalue weighted by molar-refractivity contribution is 7.98. The quantitative estimate of drug-likeness (QED) is 0.405. The predicted molar refractivity (Wildman–Crippen MR) is 117 cm³/mol. The lowest BCUT2D eigenvalue weighted by Gasteiger charge is -2.17. The van der Waals surface area contributed by atoms with Crippen LogP contribution < -0.4 is 10.1 Å². The number of aromatic hydroxyl groups is 1. The summed E-state index contributed by atoms with van der Waals surface area (Å²) < 4.78 is 16.0. The van der Waals surface area contributed by atoms with Crippen LogP contribution >= 0.6 is 24.4 Å². The van der Waals surface area contributed by atoms with Gasteiger partial charge < -0.3 is 24.2 Å². The Balaban J connectivity index is 1.86. The average molecular weight is 466 g/mol. The predicted octanol–water partition coefficient (Wildman–Crippen LogP) is 2.78. The van der Waals surface area contributed by atoms with Gasteiger partial charge in [-0.1, -0.05) is 10.3 Å². The number of benzene rings is 1. The zero-order valence-corrected chi connectivity index (χ0v) is 19.2. The summed E-state index contributed by atoms with van der Waals surface area (Å²) in [5, 5.41) is 21.1. The Kier molecular flexibility index (Phi) is 7.44. The molecule has 0 saturated carbocycles. The number of phenolic OH excluding ortho intramolecular Hbond substituents is 1. The van der Waals surface area contributed by atoms with Crippen molar-refractivity contribution in [3.05, 3.63) is 34.7 Å². The van der Waals surface area contributed by atoms with Crippen molar-refractivity contribution >= 4 is 30.3 Å². The maximum absolute atomic E-state index is 11.9. The third-order valence-electron chi connectivity index (χ3n) is 4.44. The Labute approximate surface area is 188 Å². The molecule has 1 aromatic carbocycles. The normalized spacial score (nSPS) is 12.0. The molecule has 1 amide bonds. The molecule has 0 aliphatic heterocycles. The highest BCUT2D eigenvalue weighted by Crippen LogP contribution is 2.40. The number of hydrogen-bond donors (Lipinski definition) is 3. The number of nitrogens with one attached hydrogen (secondary N) is 1. The van der Waals surface area contributed by atoms with E-state index in [9.17, 15) is 9.90 Å². The molecule has 3 rings (SSSR count). The highest BCUT2D eigenvalue weighted by atomic mass is 32.2. The Morgan fingerprint density at radius 2 is 1.97 bits per heavy atom. The summed E-state index contributed by atoms with van der Waals surface area (Å²) in [7, 11) is 1.53. The van der Waals surface area contributed by atoms with Crippen molar-refractivity contribution in [1.29, 1.82) is 0 Å². The van der Waals surface area contributed by atoms with Crippen LogP contribution in [0.2, 0.25) is 0 Å². The van der Waals surface area contributed by atoms with E-state index in [1.807, 2.05) is 6.92 Å². The molecule has 0 fully saturated rings. The number of thiol groups is 1. The van der Waals surface area contributed by atoms with Crippen LogP contribution in [0.5, 0.6) is 11.5 Å². The molecule has 0 spiro atoms. The van der Waals surface area contributed by atoms with Gasteiger partial charge in [0.15, 0.2) is 11.6 Å². The van der Waals surface area contributed by atoms with Crippen molar-refractivity contribution in [2.45, 2.75) is 32.6 Å². The number of ether oxygens (including phenoxy) is 1. The van der Waals surface area contributed by atoms with Crippen molar-refractivity contribution in [2.24, 2.45) is 0 Å². The summed E-state index contributed by atoms with van der Waals surface area (Å²) in [6.45, 7) is 5.28. The van der Waals surface area contributed by atoms with Crippen LogP contribution in [-0.2, 0) is 10.5 Å². The largest absolute Gasteiger partial charge is 0.507 e. The van der Waals surface area contributed by atoms with E-state index in [-0.39, 0.29) is 17.4 Å². The van der Waals surface area contributed by atoms with Crippen molar-refractivity contribution < 1.29 is 23.7 Å². The minimum Gasteiger partial charge on any atom is -0.507 e.